The number of alkyl halides is 3. The highest BCUT2D eigenvalue weighted by molar-refractivity contribution is 7.92. The normalized spacial score (nSPS) is 17.6. The molecule has 246 valence electrons. The Kier molecular flexibility index (Phi) is 9.73. The van der Waals surface area contributed by atoms with Crippen LogP contribution in [0.4, 0.5) is 18.9 Å². The van der Waals surface area contributed by atoms with E-state index in [1.54, 1.807) is 26.0 Å². The van der Waals surface area contributed by atoms with Crippen molar-refractivity contribution >= 4 is 43.6 Å². The molecule has 1 fully saturated rings. The zero-order valence-corrected chi connectivity index (χ0v) is 27.2. The summed E-state index contributed by atoms with van der Waals surface area (Å²) in [5, 5.41) is 3.71. The number of likely N-dealkylation sites (N-methyl/N-ethyl adjacent to an activating group) is 1. The van der Waals surface area contributed by atoms with Crippen LogP contribution in [-0.2, 0) is 24.8 Å². The van der Waals surface area contributed by atoms with Crippen LogP contribution in [0.2, 0.25) is 0 Å². The number of rotatable bonds is 10. The van der Waals surface area contributed by atoms with Crippen molar-refractivity contribution in [1.82, 2.24) is 14.5 Å². The van der Waals surface area contributed by atoms with Crippen LogP contribution in [0.15, 0.2) is 46.8 Å². The van der Waals surface area contributed by atoms with Gasteiger partial charge in [0.1, 0.15) is 17.1 Å². The van der Waals surface area contributed by atoms with Gasteiger partial charge in [0.05, 0.1) is 11.9 Å². The summed E-state index contributed by atoms with van der Waals surface area (Å²) in [5.74, 6) is -0.815. The number of ether oxygens (including phenoxy) is 1. The summed E-state index contributed by atoms with van der Waals surface area (Å²) >= 11 is 0. The topological polar surface area (TPSA) is 129 Å². The lowest BCUT2D eigenvalue weighted by atomic mass is 9.89. The molecule has 2 heterocycles. The van der Waals surface area contributed by atoms with E-state index in [4.69, 9.17) is 0 Å². The third kappa shape index (κ3) is 8.23. The Labute approximate surface area is 261 Å². The van der Waals surface area contributed by atoms with Gasteiger partial charge in [0.2, 0.25) is 20.0 Å². The molecular weight excluding hydrogens is 635 g/mol. The first-order chi connectivity index (χ1) is 20.8. The Morgan fingerprint density at radius 3 is 2.22 bits per heavy atom. The predicted octanol–water partition coefficient (Wildman–Crippen LogP) is 3.24. The van der Waals surface area contributed by atoms with Gasteiger partial charge in [0.25, 0.3) is 5.91 Å². The fourth-order valence-corrected chi connectivity index (χ4v) is 7.39. The van der Waals surface area contributed by atoms with Gasteiger partial charge in [0, 0.05) is 37.2 Å². The number of aryl methyl sites for hydroxylation is 2. The number of aliphatic imine (C=N–C) groups is 1. The van der Waals surface area contributed by atoms with Crippen molar-refractivity contribution < 1.29 is 39.5 Å². The maximum atomic E-state index is 13.3. The second-order valence-electron chi connectivity index (χ2n) is 11.4. The number of piperidine rings is 1. The number of anilines is 1. The number of amides is 1. The van der Waals surface area contributed by atoms with E-state index in [1.165, 1.54) is 26.8 Å². The fourth-order valence-electron chi connectivity index (χ4n) is 5.32. The molecule has 2 aromatic rings. The lowest BCUT2D eigenvalue weighted by molar-refractivity contribution is -0.274. The molecule has 11 nitrogen and oxygen atoms in total. The molecule has 45 heavy (non-hydrogen) atoms. The minimum Gasteiger partial charge on any atom is -0.406 e. The molecular formula is C29H36F3N5O6S2. The average Bonchev–Trinajstić information content (AvgIpc) is 3.22. The smallest absolute Gasteiger partial charge is 0.406 e. The summed E-state index contributed by atoms with van der Waals surface area (Å²) in [6.07, 6.45) is -2.10. The number of hydrogen-bond donors (Lipinski definition) is 1. The summed E-state index contributed by atoms with van der Waals surface area (Å²) in [4.78, 5) is 19.3. The molecule has 1 saturated heterocycles. The average molecular weight is 672 g/mol. The zero-order chi connectivity index (χ0) is 33.4. The van der Waals surface area contributed by atoms with Crippen molar-refractivity contribution in [2.45, 2.75) is 38.6 Å². The van der Waals surface area contributed by atoms with E-state index in [2.05, 4.69) is 15.0 Å². The van der Waals surface area contributed by atoms with Gasteiger partial charge in [-0.1, -0.05) is 12.1 Å². The van der Waals surface area contributed by atoms with Gasteiger partial charge in [-0.3, -0.25) is 14.1 Å². The summed E-state index contributed by atoms with van der Waals surface area (Å²) in [5.41, 5.74) is 1.51. The highest BCUT2D eigenvalue weighted by Gasteiger charge is 2.47. The number of sulfonamides is 2. The van der Waals surface area contributed by atoms with Crippen LogP contribution in [0.1, 0.15) is 35.1 Å². The number of carbonyl (C=O) groups is 1. The Balaban J connectivity index is 1.48. The van der Waals surface area contributed by atoms with E-state index in [0.29, 0.717) is 28.9 Å². The van der Waals surface area contributed by atoms with Crippen molar-refractivity contribution in [2.24, 2.45) is 4.99 Å². The first-order valence-corrected chi connectivity index (χ1v) is 17.3. The highest BCUT2D eigenvalue weighted by atomic mass is 32.2. The lowest BCUT2D eigenvalue weighted by Gasteiger charge is -2.34. The summed E-state index contributed by atoms with van der Waals surface area (Å²) in [6, 6.07) is 8.51. The molecule has 2 aliphatic rings. The van der Waals surface area contributed by atoms with Gasteiger partial charge in [-0.2, -0.15) is 4.31 Å². The van der Waals surface area contributed by atoms with Crippen molar-refractivity contribution in [3.05, 3.63) is 64.1 Å². The highest BCUT2D eigenvalue weighted by Crippen LogP contribution is 2.33. The molecule has 0 saturated carbocycles. The van der Waals surface area contributed by atoms with Crippen molar-refractivity contribution in [2.75, 3.05) is 50.8 Å². The molecule has 1 amide bonds. The molecule has 16 heteroatoms. The van der Waals surface area contributed by atoms with E-state index in [-0.39, 0.29) is 43.9 Å². The molecule has 1 N–H and O–H groups in total. The molecule has 2 aromatic carbocycles. The Morgan fingerprint density at radius 1 is 1.04 bits per heavy atom. The van der Waals surface area contributed by atoms with Gasteiger partial charge >= 0.3 is 6.36 Å². The van der Waals surface area contributed by atoms with E-state index >= 15 is 0 Å². The largest absolute Gasteiger partial charge is 0.573 e. The number of halogens is 3. The van der Waals surface area contributed by atoms with Crippen molar-refractivity contribution in [3.8, 4) is 5.75 Å². The van der Waals surface area contributed by atoms with Gasteiger partial charge < -0.3 is 15.0 Å². The third-order valence-electron chi connectivity index (χ3n) is 7.65. The molecule has 4 rings (SSSR count). The molecule has 0 aliphatic carbocycles. The Hall–Kier alpha value is -3.47. The molecule has 0 unspecified atom stereocenters. The van der Waals surface area contributed by atoms with Crippen LogP contribution in [-0.4, -0.2) is 96.2 Å². The summed E-state index contributed by atoms with van der Waals surface area (Å²) in [7, 11) is -3.75. The van der Waals surface area contributed by atoms with Crippen LogP contribution in [0, 0.1) is 13.8 Å². The summed E-state index contributed by atoms with van der Waals surface area (Å²) < 4.78 is 96.0. The second-order valence-corrected chi connectivity index (χ2v) is 15.1. The molecule has 0 radical (unpaired) electrons. The minimum absolute atomic E-state index is 0.000193. The van der Waals surface area contributed by atoms with Crippen molar-refractivity contribution in [3.63, 3.8) is 0 Å². The van der Waals surface area contributed by atoms with E-state index in [1.807, 2.05) is 19.0 Å². The first-order valence-electron chi connectivity index (χ1n) is 14.0. The number of benzene rings is 2. The first kappa shape index (κ1) is 34.4. The predicted molar refractivity (Wildman–Crippen MR) is 166 cm³/mol. The molecule has 0 atom stereocenters. The number of nitrogens with zero attached hydrogens (tertiary/aromatic N) is 4. The Morgan fingerprint density at radius 2 is 1.67 bits per heavy atom. The van der Waals surface area contributed by atoms with E-state index in [9.17, 15) is 34.8 Å². The van der Waals surface area contributed by atoms with Gasteiger partial charge in [-0.25, -0.2) is 16.8 Å². The summed E-state index contributed by atoms with van der Waals surface area (Å²) in [6.45, 7) is 4.33. The maximum absolute atomic E-state index is 13.3. The molecule has 2 aliphatic heterocycles. The van der Waals surface area contributed by atoms with Crippen LogP contribution >= 0.6 is 0 Å². The van der Waals surface area contributed by atoms with Crippen LogP contribution in [0.3, 0.4) is 0 Å². The minimum atomic E-state index is -4.88. The third-order valence-corrected chi connectivity index (χ3v) is 10.4. The van der Waals surface area contributed by atoms with E-state index < -0.39 is 43.6 Å². The van der Waals surface area contributed by atoms with Gasteiger partial charge in [0.15, 0.2) is 0 Å². The number of carbonyl (C=O) groups excluding carboxylic acids is 1. The van der Waals surface area contributed by atoms with E-state index in [0.717, 1.165) is 23.8 Å². The number of amidine groups is 1. The molecule has 0 bridgehead atoms. The van der Waals surface area contributed by atoms with Gasteiger partial charge in [-0.15, -0.1) is 13.2 Å². The lowest BCUT2D eigenvalue weighted by Crippen LogP contribution is -2.50. The molecule has 1 spiro atoms. The molecule has 0 aromatic heterocycles. The maximum Gasteiger partial charge on any atom is 0.573 e. The Bertz CT molecular complexity index is 1710. The van der Waals surface area contributed by atoms with Crippen LogP contribution in [0.25, 0.3) is 6.08 Å². The number of nitrogens with one attached hydrogen (secondary N) is 1. The van der Waals surface area contributed by atoms with Crippen molar-refractivity contribution in [1.29, 1.82) is 0 Å². The number of hydrogen-bond acceptors (Lipinski definition) is 8. The monoisotopic (exact) mass is 671 g/mol. The quantitative estimate of drug-likeness (QED) is 0.411. The van der Waals surface area contributed by atoms with Crippen LogP contribution in [0.5, 0.6) is 5.75 Å². The zero-order valence-electron chi connectivity index (χ0n) is 25.6. The van der Waals surface area contributed by atoms with Crippen LogP contribution < -0.4 is 14.4 Å². The SMILES string of the molecule is Cc1cc(N(CCN(C)C)S(C)(=O)=O)cc(C)c1/C=C/S(=O)(=O)N1CCC2(CC1)N=C(c1cccc(OC(F)(F)F)c1)NC2=O. The van der Waals surface area contributed by atoms with Gasteiger partial charge in [-0.05, 0) is 87.8 Å². The second kappa shape index (κ2) is 12.7. The fraction of sp³-hybridized carbons (Fsp3) is 0.448. The standard InChI is InChI=1S/C29H36F3N5O6S2/c1-20-17-23(37(44(5,39)40)15-14-35(3)4)18-21(2)25(20)9-16-45(41,42)36-12-10-28(11-13-36)27(38)33-26(34-28)22-7-6-8-24(19-22)43-29(30,31)32/h6-9,16-19H,10-15H2,1-5H3,(H,33,34,38)/b16-9+.